The topological polar surface area (TPSA) is 79.6 Å². The van der Waals surface area contributed by atoms with Crippen LogP contribution in [0.25, 0.3) is 17.4 Å². The van der Waals surface area contributed by atoms with Gasteiger partial charge in [-0.3, -0.25) is 14.9 Å². The predicted octanol–water partition coefficient (Wildman–Crippen LogP) is 4.87. The van der Waals surface area contributed by atoms with Crippen LogP contribution in [0.1, 0.15) is 5.76 Å². The van der Waals surface area contributed by atoms with Gasteiger partial charge in [0.15, 0.2) is 0 Å². The fraction of sp³-hybridized carbons (Fsp3) is 0. The highest BCUT2D eigenvalue weighted by atomic mass is 127. The first-order valence-corrected chi connectivity index (χ1v) is 9.91. The molecule has 29 heavy (non-hydrogen) atoms. The molecular weight excluding hydrogens is 507 g/mol. The minimum absolute atomic E-state index is 0.205. The van der Waals surface area contributed by atoms with E-state index >= 15 is 0 Å². The second kappa shape index (κ2) is 7.84. The summed E-state index contributed by atoms with van der Waals surface area (Å²) < 4.78 is 6.85. The highest BCUT2D eigenvalue weighted by molar-refractivity contribution is 14.1. The van der Waals surface area contributed by atoms with E-state index in [4.69, 9.17) is 16.0 Å². The van der Waals surface area contributed by atoms with Crippen molar-refractivity contribution in [2.75, 3.05) is 4.90 Å². The highest BCUT2D eigenvalue weighted by Gasteiger charge is 2.37. The van der Waals surface area contributed by atoms with Gasteiger partial charge in [-0.2, -0.15) is 0 Å². The lowest BCUT2D eigenvalue weighted by atomic mass is 10.1. The van der Waals surface area contributed by atoms with Gasteiger partial charge in [-0.05, 0) is 77.2 Å². The van der Waals surface area contributed by atoms with Crippen molar-refractivity contribution in [1.82, 2.24) is 5.32 Å². The third-order valence-electron chi connectivity index (χ3n) is 4.23. The molecule has 0 atom stereocenters. The van der Waals surface area contributed by atoms with Gasteiger partial charge in [-0.25, -0.2) is 9.69 Å². The Morgan fingerprint density at radius 1 is 0.931 bits per heavy atom. The second-order valence-electron chi connectivity index (χ2n) is 6.14. The molecule has 1 saturated heterocycles. The number of nitrogens with zero attached hydrogens (tertiary/aromatic N) is 1. The Hall–Kier alpha value is -2.91. The van der Waals surface area contributed by atoms with Crippen LogP contribution < -0.4 is 10.2 Å². The van der Waals surface area contributed by atoms with Crippen LogP contribution in [0, 0.1) is 3.57 Å². The predicted molar refractivity (Wildman–Crippen MR) is 117 cm³/mol. The number of furan rings is 1. The van der Waals surface area contributed by atoms with Crippen LogP contribution in [0.2, 0.25) is 5.02 Å². The fourth-order valence-corrected chi connectivity index (χ4v) is 3.31. The number of carbonyl (C=O) groups is 3. The molecule has 3 aromatic rings. The Morgan fingerprint density at radius 2 is 1.62 bits per heavy atom. The fourth-order valence-electron chi connectivity index (χ4n) is 2.82. The summed E-state index contributed by atoms with van der Waals surface area (Å²) in [6.07, 6.45) is 1.32. The third kappa shape index (κ3) is 3.96. The number of hydrogen-bond acceptors (Lipinski definition) is 4. The Labute approximate surface area is 184 Å². The van der Waals surface area contributed by atoms with Crippen LogP contribution in [-0.4, -0.2) is 17.8 Å². The zero-order valence-electron chi connectivity index (χ0n) is 14.7. The molecule has 1 aromatic heterocycles. The van der Waals surface area contributed by atoms with Crippen molar-refractivity contribution in [2.45, 2.75) is 0 Å². The Morgan fingerprint density at radius 3 is 2.31 bits per heavy atom. The van der Waals surface area contributed by atoms with E-state index in [9.17, 15) is 14.4 Å². The van der Waals surface area contributed by atoms with E-state index in [1.807, 2.05) is 24.3 Å². The van der Waals surface area contributed by atoms with Crippen molar-refractivity contribution in [1.29, 1.82) is 0 Å². The van der Waals surface area contributed by atoms with Gasteiger partial charge in [0, 0.05) is 14.2 Å². The first kappa shape index (κ1) is 19.4. The molecule has 144 valence electrons. The lowest BCUT2D eigenvalue weighted by molar-refractivity contribution is -0.122. The number of rotatable bonds is 3. The van der Waals surface area contributed by atoms with Gasteiger partial charge in [0.1, 0.15) is 17.1 Å². The number of benzene rings is 2. The van der Waals surface area contributed by atoms with Crippen LogP contribution in [-0.2, 0) is 9.59 Å². The molecule has 1 aliphatic rings. The summed E-state index contributed by atoms with van der Waals surface area (Å²) in [5.74, 6) is -0.601. The van der Waals surface area contributed by atoms with Crippen LogP contribution in [0.4, 0.5) is 10.5 Å². The summed E-state index contributed by atoms with van der Waals surface area (Å²) in [6.45, 7) is 0. The summed E-state index contributed by atoms with van der Waals surface area (Å²) >= 11 is 8.07. The quantitative estimate of drug-likeness (QED) is 0.305. The number of urea groups is 1. The SMILES string of the molecule is O=C1NC(=O)N(c2ccc(Cl)cc2)C(=O)/C1=C/c1ccc(-c2ccc(I)cc2)o1. The highest BCUT2D eigenvalue weighted by Crippen LogP contribution is 2.26. The number of amides is 4. The van der Waals surface area contributed by atoms with Crippen molar-refractivity contribution in [2.24, 2.45) is 0 Å². The molecule has 6 nitrogen and oxygen atoms in total. The Kier molecular flexibility index (Phi) is 5.25. The average molecular weight is 519 g/mol. The molecule has 1 N–H and O–H groups in total. The van der Waals surface area contributed by atoms with Crippen molar-refractivity contribution in [3.05, 3.63) is 80.6 Å². The van der Waals surface area contributed by atoms with Gasteiger partial charge in [-0.1, -0.05) is 23.7 Å². The van der Waals surface area contributed by atoms with Crippen molar-refractivity contribution in [3.63, 3.8) is 0 Å². The first-order chi connectivity index (χ1) is 13.9. The van der Waals surface area contributed by atoms with E-state index in [1.54, 1.807) is 24.3 Å². The number of barbiturate groups is 1. The number of carbonyl (C=O) groups excluding carboxylic acids is 3. The van der Waals surface area contributed by atoms with E-state index in [0.29, 0.717) is 22.2 Å². The van der Waals surface area contributed by atoms with Crippen molar-refractivity contribution < 1.29 is 18.8 Å². The zero-order valence-corrected chi connectivity index (χ0v) is 17.6. The maximum Gasteiger partial charge on any atom is 0.335 e. The normalized spacial score (nSPS) is 15.7. The largest absolute Gasteiger partial charge is 0.457 e. The molecule has 4 amide bonds. The van der Waals surface area contributed by atoms with Crippen LogP contribution in [0.15, 0.2) is 70.7 Å². The van der Waals surface area contributed by atoms with Crippen molar-refractivity contribution in [3.8, 4) is 11.3 Å². The maximum absolute atomic E-state index is 12.9. The molecule has 2 heterocycles. The van der Waals surface area contributed by atoms with Crippen molar-refractivity contribution >= 4 is 63.8 Å². The zero-order chi connectivity index (χ0) is 20.5. The third-order valence-corrected chi connectivity index (χ3v) is 5.20. The molecule has 0 saturated carbocycles. The molecule has 0 aliphatic carbocycles. The Bertz CT molecular complexity index is 1150. The van der Waals surface area contributed by atoms with Crippen LogP contribution in [0.5, 0.6) is 0 Å². The number of imide groups is 2. The van der Waals surface area contributed by atoms with E-state index in [0.717, 1.165) is 14.0 Å². The molecule has 1 aliphatic heterocycles. The monoisotopic (exact) mass is 518 g/mol. The first-order valence-electron chi connectivity index (χ1n) is 8.45. The van der Waals surface area contributed by atoms with Crippen LogP contribution in [0.3, 0.4) is 0 Å². The maximum atomic E-state index is 12.9. The minimum Gasteiger partial charge on any atom is -0.457 e. The lowest BCUT2D eigenvalue weighted by Gasteiger charge is -2.26. The standard InChI is InChI=1S/C21H12ClIN2O4/c22-13-3-7-15(8-4-13)25-20(27)17(19(26)24-21(25)28)11-16-9-10-18(29-16)12-1-5-14(23)6-2-12/h1-11H,(H,24,26,28)/b17-11+. The van der Waals surface area contributed by atoms with E-state index < -0.39 is 17.8 Å². The van der Waals surface area contributed by atoms with Gasteiger partial charge in [-0.15, -0.1) is 0 Å². The van der Waals surface area contributed by atoms with Gasteiger partial charge in [0.2, 0.25) is 0 Å². The average Bonchev–Trinajstić information content (AvgIpc) is 3.16. The lowest BCUT2D eigenvalue weighted by Crippen LogP contribution is -2.54. The number of nitrogens with one attached hydrogen (secondary N) is 1. The number of halogens is 2. The molecule has 8 heteroatoms. The Balaban J connectivity index is 1.66. The minimum atomic E-state index is -0.821. The van der Waals surface area contributed by atoms with Gasteiger partial charge in [0.05, 0.1) is 5.69 Å². The summed E-state index contributed by atoms with van der Waals surface area (Å²) in [5, 5.41) is 2.63. The smallest absolute Gasteiger partial charge is 0.335 e. The summed E-state index contributed by atoms with van der Waals surface area (Å²) in [7, 11) is 0. The van der Waals surface area contributed by atoms with Gasteiger partial charge in [0.25, 0.3) is 11.8 Å². The van der Waals surface area contributed by atoms with E-state index in [2.05, 4.69) is 27.9 Å². The molecule has 0 spiro atoms. The number of hydrogen-bond donors (Lipinski definition) is 1. The van der Waals surface area contributed by atoms with Gasteiger partial charge >= 0.3 is 6.03 Å². The molecule has 0 radical (unpaired) electrons. The molecule has 2 aromatic carbocycles. The number of anilines is 1. The molecular formula is C21H12ClIN2O4. The van der Waals surface area contributed by atoms with Crippen LogP contribution >= 0.6 is 34.2 Å². The molecule has 1 fully saturated rings. The summed E-state index contributed by atoms with van der Waals surface area (Å²) in [5.41, 5.74) is 0.963. The van der Waals surface area contributed by atoms with E-state index in [1.165, 1.54) is 18.2 Å². The molecule has 0 unspecified atom stereocenters. The second-order valence-corrected chi connectivity index (χ2v) is 7.83. The summed E-state index contributed by atoms with van der Waals surface area (Å²) in [4.78, 5) is 38.2. The summed E-state index contributed by atoms with van der Waals surface area (Å²) in [6, 6.07) is 16.5. The van der Waals surface area contributed by atoms with E-state index in [-0.39, 0.29) is 5.57 Å². The van der Waals surface area contributed by atoms with Gasteiger partial charge < -0.3 is 4.42 Å². The molecule has 0 bridgehead atoms. The molecule has 4 rings (SSSR count).